The number of amides is 1. The normalized spacial score (nSPS) is 13.8. The molecule has 1 saturated heterocycles. The molecule has 1 aromatic heterocycles. The Morgan fingerprint density at radius 3 is 2.57 bits per heavy atom. The van der Waals surface area contributed by atoms with Gasteiger partial charge in [-0.3, -0.25) is 4.79 Å². The minimum absolute atomic E-state index is 0.227. The minimum atomic E-state index is -0.435. The van der Waals surface area contributed by atoms with Crippen molar-refractivity contribution in [2.24, 2.45) is 0 Å². The third-order valence-electron chi connectivity index (χ3n) is 5.00. The zero-order valence-corrected chi connectivity index (χ0v) is 17.0. The van der Waals surface area contributed by atoms with Gasteiger partial charge >= 0.3 is 0 Å². The molecule has 0 atom stereocenters. The Labute approximate surface area is 171 Å². The first kappa shape index (κ1) is 18.7. The molecule has 3 aromatic rings. The van der Waals surface area contributed by atoms with Crippen LogP contribution in [0, 0.1) is 12.7 Å². The van der Waals surface area contributed by atoms with Gasteiger partial charge in [0.15, 0.2) is 0 Å². The second-order valence-corrected chi connectivity index (χ2v) is 7.73. The van der Waals surface area contributed by atoms with Crippen molar-refractivity contribution in [1.29, 1.82) is 0 Å². The van der Waals surface area contributed by atoms with Crippen molar-refractivity contribution in [2.45, 2.75) is 19.8 Å². The van der Waals surface area contributed by atoms with Gasteiger partial charge in [-0.1, -0.05) is 22.0 Å². The molecule has 1 aliphatic rings. The van der Waals surface area contributed by atoms with Gasteiger partial charge in [0, 0.05) is 17.6 Å². The molecule has 1 fully saturated rings. The quantitative estimate of drug-likeness (QED) is 0.622. The summed E-state index contributed by atoms with van der Waals surface area (Å²) in [6.07, 6.45) is 3.66. The summed E-state index contributed by atoms with van der Waals surface area (Å²) in [6, 6.07) is 12.5. The highest BCUT2D eigenvalue weighted by atomic mass is 79.9. The van der Waals surface area contributed by atoms with Crippen molar-refractivity contribution in [1.82, 2.24) is 9.78 Å². The number of nitrogens with zero attached hydrogens (tertiary/aromatic N) is 3. The van der Waals surface area contributed by atoms with Crippen molar-refractivity contribution in [3.05, 3.63) is 70.2 Å². The molecule has 1 amide bonds. The molecular weight excluding hydrogens is 423 g/mol. The lowest BCUT2D eigenvalue weighted by atomic mass is 10.2. The van der Waals surface area contributed by atoms with Gasteiger partial charge in [0.2, 0.25) is 0 Å². The van der Waals surface area contributed by atoms with E-state index in [1.807, 2.05) is 37.3 Å². The molecule has 0 unspecified atom stereocenters. The number of nitrogens with one attached hydrogen (secondary N) is 1. The molecule has 0 saturated carbocycles. The lowest BCUT2D eigenvalue weighted by Gasteiger charge is -2.22. The summed E-state index contributed by atoms with van der Waals surface area (Å²) in [5.74, 6) is -0.804. The van der Waals surface area contributed by atoms with Gasteiger partial charge < -0.3 is 10.2 Å². The van der Waals surface area contributed by atoms with Crippen molar-refractivity contribution in [2.75, 3.05) is 23.3 Å². The Kier molecular flexibility index (Phi) is 5.17. The highest BCUT2D eigenvalue weighted by Gasteiger charge is 2.22. The van der Waals surface area contributed by atoms with E-state index in [1.54, 1.807) is 10.7 Å². The predicted octanol–water partition coefficient (Wildman–Crippen LogP) is 4.93. The Morgan fingerprint density at radius 1 is 1.14 bits per heavy atom. The fourth-order valence-electron chi connectivity index (χ4n) is 3.51. The average Bonchev–Trinajstić information content (AvgIpc) is 3.34. The van der Waals surface area contributed by atoms with E-state index in [4.69, 9.17) is 0 Å². The van der Waals surface area contributed by atoms with E-state index in [0.29, 0.717) is 11.3 Å². The van der Waals surface area contributed by atoms with Gasteiger partial charge in [0.1, 0.15) is 11.5 Å². The molecule has 0 radical (unpaired) electrons. The molecule has 1 aliphatic heterocycles. The standard InChI is InChI=1S/C21H20BrFN4O/c1-14-17(13-24-27(14)16-9-7-15(22)8-10-16)21(28)25-20-18(23)5-4-6-19(20)26-11-2-3-12-26/h4-10,13H,2-3,11-12H2,1H3,(H,25,28). The van der Waals surface area contributed by atoms with Crippen LogP contribution in [-0.4, -0.2) is 28.8 Å². The largest absolute Gasteiger partial charge is 0.370 e. The fraction of sp³-hybridized carbons (Fsp3) is 0.238. The number of carbonyl (C=O) groups excluding carboxylic acids is 1. The summed E-state index contributed by atoms with van der Waals surface area (Å²) in [6.45, 7) is 3.56. The monoisotopic (exact) mass is 442 g/mol. The number of benzene rings is 2. The van der Waals surface area contributed by atoms with E-state index in [1.165, 1.54) is 12.3 Å². The van der Waals surface area contributed by atoms with Crippen molar-refractivity contribution >= 4 is 33.2 Å². The molecule has 0 bridgehead atoms. The summed E-state index contributed by atoms with van der Waals surface area (Å²) < 4.78 is 17.2. The number of halogens is 2. The Hall–Kier alpha value is -2.67. The second kappa shape index (κ2) is 7.75. The molecule has 144 valence electrons. The zero-order valence-electron chi connectivity index (χ0n) is 15.5. The molecule has 4 rings (SSSR count). The van der Waals surface area contributed by atoms with Crippen LogP contribution in [0.4, 0.5) is 15.8 Å². The van der Waals surface area contributed by atoms with Gasteiger partial charge in [-0.2, -0.15) is 5.10 Å². The Bertz CT molecular complexity index is 1010. The maximum Gasteiger partial charge on any atom is 0.259 e. The van der Waals surface area contributed by atoms with Crippen molar-refractivity contribution in [3.63, 3.8) is 0 Å². The number of hydrogen-bond donors (Lipinski definition) is 1. The molecule has 0 aliphatic carbocycles. The van der Waals surface area contributed by atoms with E-state index in [-0.39, 0.29) is 11.6 Å². The lowest BCUT2D eigenvalue weighted by molar-refractivity contribution is 0.102. The average molecular weight is 443 g/mol. The lowest BCUT2D eigenvalue weighted by Crippen LogP contribution is -2.22. The molecule has 1 N–H and O–H groups in total. The molecule has 0 spiro atoms. The van der Waals surface area contributed by atoms with E-state index < -0.39 is 5.82 Å². The van der Waals surface area contributed by atoms with E-state index in [2.05, 4.69) is 31.2 Å². The molecule has 28 heavy (non-hydrogen) atoms. The van der Waals surface area contributed by atoms with Crippen LogP contribution in [0.1, 0.15) is 28.9 Å². The highest BCUT2D eigenvalue weighted by Crippen LogP contribution is 2.32. The summed E-state index contributed by atoms with van der Waals surface area (Å²) in [7, 11) is 0. The van der Waals surface area contributed by atoms with Crippen LogP contribution in [0.5, 0.6) is 0 Å². The van der Waals surface area contributed by atoms with Gasteiger partial charge in [0.25, 0.3) is 5.91 Å². The van der Waals surface area contributed by atoms with Crippen LogP contribution in [0.25, 0.3) is 5.69 Å². The third kappa shape index (κ3) is 3.54. The van der Waals surface area contributed by atoms with E-state index in [0.717, 1.165) is 41.8 Å². The molecule has 2 aromatic carbocycles. The van der Waals surface area contributed by atoms with Gasteiger partial charge in [-0.15, -0.1) is 0 Å². The van der Waals surface area contributed by atoms with Gasteiger partial charge in [-0.05, 0) is 56.2 Å². The summed E-state index contributed by atoms with van der Waals surface area (Å²) in [4.78, 5) is 15.0. The molecule has 2 heterocycles. The maximum atomic E-state index is 14.5. The SMILES string of the molecule is Cc1c(C(=O)Nc2c(F)cccc2N2CCCC2)cnn1-c1ccc(Br)cc1. The van der Waals surface area contributed by atoms with Crippen LogP contribution in [0.3, 0.4) is 0 Å². The minimum Gasteiger partial charge on any atom is -0.370 e. The summed E-state index contributed by atoms with van der Waals surface area (Å²) >= 11 is 3.41. The third-order valence-corrected chi connectivity index (χ3v) is 5.53. The summed E-state index contributed by atoms with van der Waals surface area (Å²) in [5.41, 5.74) is 2.91. The highest BCUT2D eigenvalue weighted by molar-refractivity contribution is 9.10. The molecular formula is C21H20BrFN4O. The van der Waals surface area contributed by atoms with E-state index in [9.17, 15) is 9.18 Å². The predicted molar refractivity (Wildman–Crippen MR) is 112 cm³/mol. The molecule has 5 nitrogen and oxygen atoms in total. The first-order valence-corrected chi connectivity index (χ1v) is 9.99. The first-order valence-electron chi connectivity index (χ1n) is 9.20. The number of rotatable bonds is 4. The topological polar surface area (TPSA) is 50.2 Å². The van der Waals surface area contributed by atoms with Crippen LogP contribution in [-0.2, 0) is 0 Å². The molecule has 7 heteroatoms. The smallest absolute Gasteiger partial charge is 0.259 e. The number of carbonyl (C=O) groups is 1. The Balaban J connectivity index is 1.62. The van der Waals surface area contributed by atoms with Gasteiger partial charge in [-0.25, -0.2) is 9.07 Å². The van der Waals surface area contributed by atoms with Crippen LogP contribution >= 0.6 is 15.9 Å². The summed E-state index contributed by atoms with van der Waals surface area (Å²) in [5, 5.41) is 7.11. The van der Waals surface area contributed by atoms with Crippen molar-refractivity contribution in [3.8, 4) is 5.69 Å². The van der Waals surface area contributed by atoms with E-state index >= 15 is 0 Å². The van der Waals surface area contributed by atoms with Crippen LogP contribution in [0.2, 0.25) is 0 Å². The first-order chi connectivity index (χ1) is 13.5. The zero-order chi connectivity index (χ0) is 19.7. The number of para-hydroxylation sites is 1. The van der Waals surface area contributed by atoms with Crippen molar-refractivity contribution < 1.29 is 9.18 Å². The number of aromatic nitrogens is 2. The van der Waals surface area contributed by atoms with Crippen LogP contribution < -0.4 is 10.2 Å². The second-order valence-electron chi connectivity index (χ2n) is 6.81. The van der Waals surface area contributed by atoms with Crippen LogP contribution in [0.15, 0.2) is 53.1 Å². The maximum absolute atomic E-state index is 14.5. The van der Waals surface area contributed by atoms with Gasteiger partial charge in [0.05, 0.1) is 28.8 Å². The Morgan fingerprint density at radius 2 is 1.86 bits per heavy atom. The number of anilines is 2. The number of hydrogen-bond acceptors (Lipinski definition) is 3. The fourth-order valence-corrected chi connectivity index (χ4v) is 3.78.